The molecule has 1 unspecified atom stereocenters. The van der Waals surface area contributed by atoms with E-state index in [0.29, 0.717) is 6.04 Å². The Bertz CT molecular complexity index is 345. The number of thiazole rings is 1. The molecule has 0 aromatic carbocycles. The number of rotatable bonds is 4. The molecule has 90 valence electrons. The first kappa shape index (κ1) is 12.0. The highest BCUT2D eigenvalue weighted by Gasteiger charge is 2.38. The van der Waals surface area contributed by atoms with Crippen LogP contribution in [0.5, 0.6) is 0 Å². The van der Waals surface area contributed by atoms with Crippen molar-refractivity contribution in [2.45, 2.75) is 44.2 Å². The molecule has 1 heterocycles. The van der Waals surface area contributed by atoms with Gasteiger partial charge in [-0.2, -0.15) is 0 Å². The Morgan fingerprint density at radius 1 is 1.50 bits per heavy atom. The first-order valence-corrected chi connectivity index (χ1v) is 6.78. The summed E-state index contributed by atoms with van der Waals surface area (Å²) in [5.41, 5.74) is 1.04. The summed E-state index contributed by atoms with van der Waals surface area (Å²) in [5.74, 6) is 0. The summed E-state index contributed by atoms with van der Waals surface area (Å²) in [7, 11) is 3.78. The lowest BCUT2D eigenvalue weighted by Crippen LogP contribution is -2.24. The van der Waals surface area contributed by atoms with Gasteiger partial charge in [0.05, 0.1) is 5.69 Å². The third-order valence-electron chi connectivity index (χ3n) is 3.59. The van der Waals surface area contributed by atoms with Gasteiger partial charge in [-0.3, -0.25) is 0 Å². The molecule has 0 bridgehead atoms. The van der Waals surface area contributed by atoms with Crippen molar-refractivity contribution in [2.24, 2.45) is 0 Å². The lowest BCUT2D eigenvalue weighted by atomic mass is 10.0. The molecule has 1 aromatic heterocycles. The van der Waals surface area contributed by atoms with Crippen LogP contribution in [-0.4, -0.2) is 19.1 Å². The van der Waals surface area contributed by atoms with E-state index in [-0.39, 0.29) is 5.60 Å². The number of nitrogens with zero attached hydrogens (tertiary/aromatic N) is 1. The van der Waals surface area contributed by atoms with Gasteiger partial charge in [0, 0.05) is 18.5 Å². The average molecular weight is 240 g/mol. The molecule has 0 spiro atoms. The molecular weight excluding hydrogens is 220 g/mol. The maximum atomic E-state index is 5.74. The number of ether oxygens (including phenoxy) is 1. The number of hydrogen-bond donors (Lipinski definition) is 1. The molecule has 1 fully saturated rings. The quantitative estimate of drug-likeness (QED) is 0.878. The molecule has 16 heavy (non-hydrogen) atoms. The van der Waals surface area contributed by atoms with Crippen molar-refractivity contribution < 1.29 is 4.74 Å². The van der Waals surface area contributed by atoms with Crippen molar-refractivity contribution in [1.82, 2.24) is 10.3 Å². The van der Waals surface area contributed by atoms with Gasteiger partial charge in [-0.1, -0.05) is 12.8 Å². The average Bonchev–Trinajstić information content (AvgIpc) is 2.96. The third kappa shape index (κ3) is 2.01. The zero-order chi connectivity index (χ0) is 11.6. The highest BCUT2D eigenvalue weighted by molar-refractivity contribution is 7.09. The van der Waals surface area contributed by atoms with Gasteiger partial charge in [-0.15, -0.1) is 11.3 Å². The van der Waals surface area contributed by atoms with Gasteiger partial charge in [0.15, 0.2) is 0 Å². The van der Waals surface area contributed by atoms with Crippen LogP contribution >= 0.6 is 11.3 Å². The Morgan fingerprint density at radius 2 is 2.19 bits per heavy atom. The van der Waals surface area contributed by atoms with Crippen LogP contribution < -0.4 is 5.32 Å². The van der Waals surface area contributed by atoms with Crippen LogP contribution in [0.3, 0.4) is 0 Å². The number of nitrogens with one attached hydrogen (secondary N) is 1. The molecule has 2 rings (SSSR count). The molecule has 1 aliphatic rings. The topological polar surface area (TPSA) is 34.1 Å². The van der Waals surface area contributed by atoms with Crippen LogP contribution in [0.4, 0.5) is 0 Å². The second kappa shape index (κ2) is 4.82. The van der Waals surface area contributed by atoms with Crippen molar-refractivity contribution in [3.05, 3.63) is 16.1 Å². The zero-order valence-electron chi connectivity index (χ0n) is 10.2. The molecule has 0 aliphatic heterocycles. The van der Waals surface area contributed by atoms with Gasteiger partial charge in [0.2, 0.25) is 0 Å². The number of hydrogen-bond acceptors (Lipinski definition) is 4. The van der Waals surface area contributed by atoms with Crippen molar-refractivity contribution in [2.75, 3.05) is 14.2 Å². The molecule has 1 atom stereocenters. The molecule has 1 saturated carbocycles. The Hall–Kier alpha value is -0.450. The molecule has 1 N–H and O–H groups in total. The highest BCUT2D eigenvalue weighted by atomic mass is 32.1. The standard InChI is InChI=1S/C12H20N2OS/c1-9(13-2)10-8-16-11(14-10)12(15-3)6-4-5-7-12/h8-9,13H,4-7H2,1-3H3. The summed E-state index contributed by atoms with van der Waals surface area (Å²) < 4.78 is 5.74. The van der Waals surface area contributed by atoms with E-state index >= 15 is 0 Å². The third-order valence-corrected chi connectivity index (χ3v) is 4.64. The molecule has 0 radical (unpaired) electrons. The first-order valence-electron chi connectivity index (χ1n) is 5.90. The number of methoxy groups -OCH3 is 1. The molecule has 0 saturated heterocycles. The predicted molar refractivity (Wildman–Crippen MR) is 66.7 cm³/mol. The van der Waals surface area contributed by atoms with E-state index < -0.39 is 0 Å². The van der Waals surface area contributed by atoms with Crippen molar-refractivity contribution in [1.29, 1.82) is 0 Å². The Kier molecular flexibility index (Phi) is 3.62. The number of aromatic nitrogens is 1. The summed E-state index contributed by atoms with van der Waals surface area (Å²) >= 11 is 1.74. The smallest absolute Gasteiger partial charge is 0.125 e. The van der Waals surface area contributed by atoms with E-state index in [1.54, 1.807) is 11.3 Å². The second-order valence-electron chi connectivity index (χ2n) is 4.49. The molecule has 3 nitrogen and oxygen atoms in total. The van der Waals surface area contributed by atoms with Crippen LogP contribution in [0.25, 0.3) is 0 Å². The summed E-state index contributed by atoms with van der Waals surface area (Å²) in [6.07, 6.45) is 4.74. The molecule has 1 aliphatic carbocycles. The van der Waals surface area contributed by atoms with Gasteiger partial charge in [-0.25, -0.2) is 4.98 Å². The van der Waals surface area contributed by atoms with Crippen LogP contribution in [0.15, 0.2) is 5.38 Å². The maximum Gasteiger partial charge on any atom is 0.125 e. The van der Waals surface area contributed by atoms with Crippen molar-refractivity contribution >= 4 is 11.3 Å². The molecule has 0 amide bonds. The lowest BCUT2D eigenvalue weighted by Gasteiger charge is -2.24. The summed E-state index contributed by atoms with van der Waals surface area (Å²) in [6, 6.07) is 0.320. The largest absolute Gasteiger partial charge is 0.371 e. The minimum absolute atomic E-state index is 0.0869. The second-order valence-corrected chi connectivity index (χ2v) is 5.35. The van der Waals surface area contributed by atoms with Gasteiger partial charge in [-0.05, 0) is 26.8 Å². The highest BCUT2D eigenvalue weighted by Crippen LogP contribution is 2.43. The van der Waals surface area contributed by atoms with E-state index in [1.807, 2.05) is 14.2 Å². The summed E-state index contributed by atoms with van der Waals surface area (Å²) in [5, 5.41) is 6.52. The first-order chi connectivity index (χ1) is 7.72. The Morgan fingerprint density at radius 3 is 2.75 bits per heavy atom. The van der Waals surface area contributed by atoms with Gasteiger partial charge < -0.3 is 10.1 Å². The van der Waals surface area contributed by atoms with E-state index in [4.69, 9.17) is 9.72 Å². The van der Waals surface area contributed by atoms with Gasteiger partial charge in [0.1, 0.15) is 10.6 Å². The molecular formula is C12H20N2OS. The molecule has 4 heteroatoms. The fourth-order valence-electron chi connectivity index (χ4n) is 2.29. The SMILES string of the molecule is CNC(C)c1csc(C2(OC)CCCC2)n1. The molecule has 1 aromatic rings. The van der Waals surface area contributed by atoms with Gasteiger partial charge >= 0.3 is 0 Å². The minimum atomic E-state index is -0.0869. The Balaban J connectivity index is 2.23. The van der Waals surface area contributed by atoms with E-state index in [9.17, 15) is 0 Å². The summed E-state index contributed by atoms with van der Waals surface area (Å²) in [4.78, 5) is 4.74. The van der Waals surface area contributed by atoms with Crippen molar-refractivity contribution in [3.8, 4) is 0 Å². The maximum absolute atomic E-state index is 5.74. The fourth-order valence-corrected chi connectivity index (χ4v) is 3.44. The Labute approximate surface area is 101 Å². The van der Waals surface area contributed by atoms with E-state index in [1.165, 1.54) is 12.8 Å². The van der Waals surface area contributed by atoms with Gasteiger partial charge in [0.25, 0.3) is 0 Å². The monoisotopic (exact) mass is 240 g/mol. The van der Waals surface area contributed by atoms with E-state index in [2.05, 4.69) is 17.6 Å². The van der Waals surface area contributed by atoms with Crippen molar-refractivity contribution in [3.63, 3.8) is 0 Å². The lowest BCUT2D eigenvalue weighted by molar-refractivity contribution is -0.00900. The normalized spacial score (nSPS) is 21.2. The van der Waals surface area contributed by atoms with E-state index in [0.717, 1.165) is 23.5 Å². The summed E-state index contributed by atoms with van der Waals surface area (Å²) in [6.45, 7) is 2.13. The fraction of sp³-hybridized carbons (Fsp3) is 0.750. The zero-order valence-corrected chi connectivity index (χ0v) is 11.1. The van der Waals surface area contributed by atoms with Crippen LogP contribution in [0.1, 0.15) is 49.4 Å². The van der Waals surface area contributed by atoms with Crippen LogP contribution in [0.2, 0.25) is 0 Å². The van der Waals surface area contributed by atoms with Crippen LogP contribution in [-0.2, 0) is 10.3 Å². The van der Waals surface area contributed by atoms with Crippen LogP contribution in [0, 0.1) is 0 Å². The predicted octanol–water partition coefficient (Wildman–Crippen LogP) is 2.84. The minimum Gasteiger partial charge on any atom is -0.371 e.